The summed E-state index contributed by atoms with van der Waals surface area (Å²) in [4.78, 5) is 17.5. The summed E-state index contributed by atoms with van der Waals surface area (Å²) in [6, 6.07) is 5.65. The number of nitrogens with zero attached hydrogens (tertiary/aromatic N) is 3. The Hall–Kier alpha value is -2.07. The SMILES string of the molecule is O=C(CCc1nnc(-c2ccsc2)o1)Nc1nc(-c2ccc(Cl)s2)cs1. The van der Waals surface area contributed by atoms with Gasteiger partial charge in [0.1, 0.15) is 0 Å². The minimum absolute atomic E-state index is 0.148. The van der Waals surface area contributed by atoms with Crippen molar-refractivity contribution >= 4 is 56.7 Å². The summed E-state index contributed by atoms with van der Waals surface area (Å²) >= 11 is 10.3. The Labute approximate surface area is 165 Å². The summed E-state index contributed by atoms with van der Waals surface area (Å²) in [5.74, 6) is 0.764. The number of carbonyl (C=O) groups excluding carboxylic acids is 1. The molecule has 4 aromatic rings. The van der Waals surface area contributed by atoms with Crippen molar-refractivity contribution in [3.63, 3.8) is 0 Å². The van der Waals surface area contributed by atoms with Gasteiger partial charge in [0.15, 0.2) is 5.13 Å². The molecular formula is C16H11ClN4O2S3. The van der Waals surface area contributed by atoms with Crippen molar-refractivity contribution in [1.29, 1.82) is 0 Å². The smallest absolute Gasteiger partial charge is 0.248 e. The normalized spacial score (nSPS) is 11.0. The second kappa shape index (κ2) is 7.67. The third kappa shape index (κ3) is 4.01. The molecule has 0 radical (unpaired) electrons. The van der Waals surface area contributed by atoms with Crippen molar-refractivity contribution in [3.05, 3.63) is 44.6 Å². The van der Waals surface area contributed by atoms with Gasteiger partial charge in [0, 0.05) is 29.2 Å². The molecule has 0 aliphatic carbocycles. The minimum atomic E-state index is -0.148. The van der Waals surface area contributed by atoms with E-state index in [9.17, 15) is 4.79 Å². The van der Waals surface area contributed by atoms with Crippen LogP contribution in [0, 0.1) is 0 Å². The van der Waals surface area contributed by atoms with E-state index in [4.69, 9.17) is 16.0 Å². The second-order valence-corrected chi connectivity index (χ2v) is 8.56. The zero-order chi connectivity index (χ0) is 17.9. The summed E-state index contributed by atoms with van der Waals surface area (Å²) in [7, 11) is 0. The van der Waals surface area contributed by atoms with Crippen molar-refractivity contribution in [1.82, 2.24) is 15.2 Å². The van der Waals surface area contributed by atoms with Gasteiger partial charge < -0.3 is 9.73 Å². The van der Waals surface area contributed by atoms with Gasteiger partial charge in [-0.3, -0.25) is 4.79 Å². The van der Waals surface area contributed by atoms with E-state index in [-0.39, 0.29) is 12.3 Å². The number of thiophene rings is 2. The van der Waals surface area contributed by atoms with Crippen LogP contribution in [-0.4, -0.2) is 21.1 Å². The number of rotatable bonds is 6. The highest BCUT2D eigenvalue weighted by molar-refractivity contribution is 7.20. The Balaban J connectivity index is 1.32. The predicted molar refractivity (Wildman–Crippen MR) is 105 cm³/mol. The van der Waals surface area contributed by atoms with Crippen LogP contribution in [0.3, 0.4) is 0 Å². The molecule has 0 aliphatic rings. The average Bonchev–Trinajstić information content (AvgIpc) is 3.39. The van der Waals surface area contributed by atoms with E-state index in [1.165, 1.54) is 22.7 Å². The van der Waals surface area contributed by atoms with E-state index in [1.54, 1.807) is 11.3 Å². The number of nitrogens with one attached hydrogen (secondary N) is 1. The lowest BCUT2D eigenvalue weighted by molar-refractivity contribution is -0.116. The molecule has 6 nitrogen and oxygen atoms in total. The molecule has 4 rings (SSSR count). The molecule has 0 atom stereocenters. The van der Waals surface area contributed by atoms with Crippen LogP contribution >= 0.6 is 45.6 Å². The Morgan fingerprint density at radius 3 is 2.92 bits per heavy atom. The van der Waals surface area contributed by atoms with Gasteiger partial charge in [-0.25, -0.2) is 4.98 Å². The van der Waals surface area contributed by atoms with E-state index < -0.39 is 0 Å². The minimum Gasteiger partial charge on any atom is -0.421 e. The molecule has 26 heavy (non-hydrogen) atoms. The first kappa shape index (κ1) is 17.3. The molecule has 0 aliphatic heterocycles. The van der Waals surface area contributed by atoms with Crippen molar-refractivity contribution in [2.45, 2.75) is 12.8 Å². The van der Waals surface area contributed by atoms with E-state index >= 15 is 0 Å². The molecule has 0 spiro atoms. The molecule has 1 N–H and O–H groups in total. The Morgan fingerprint density at radius 1 is 1.23 bits per heavy atom. The quantitative estimate of drug-likeness (QED) is 0.461. The van der Waals surface area contributed by atoms with E-state index in [1.807, 2.05) is 34.3 Å². The van der Waals surface area contributed by atoms with Crippen LogP contribution in [0.1, 0.15) is 12.3 Å². The maximum absolute atomic E-state index is 12.1. The van der Waals surface area contributed by atoms with E-state index in [0.29, 0.717) is 27.7 Å². The highest BCUT2D eigenvalue weighted by Crippen LogP contribution is 2.32. The molecule has 0 aromatic carbocycles. The van der Waals surface area contributed by atoms with Gasteiger partial charge in [-0.05, 0) is 23.6 Å². The largest absolute Gasteiger partial charge is 0.421 e. The number of hydrogen-bond donors (Lipinski definition) is 1. The van der Waals surface area contributed by atoms with Crippen LogP contribution in [0.25, 0.3) is 22.0 Å². The lowest BCUT2D eigenvalue weighted by Crippen LogP contribution is -2.12. The number of amides is 1. The molecule has 0 fully saturated rings. The summed E-state index contributed by atoms with van der Waals surface area (Å²) in [5, 5.41) is 17.1. The highest BCUT2D eigenvalue weighted by Gasteiger charge is 2.13. The Kier molecular flexibility index (Phi) is 5.11. The average molecular weight is 423 g/mol. The fraction of sp³-hybridized carbons (Fsp3) is 0.125. The summed E-state index contributed by atoms with van der Waals surface area (Å²) in [6.07, 6.45) is 0.618. The predicted octanol–water partition coefficient (Wildman–Crippen LogP) is 5.21. The van der Waals surface area contributed by atoms with Crippen LogP contribution in [0.15, 0.2) is 38.8 Å². The summed E-state index contributed by atoms with van der Waals surface area (Å²) in [6.45, 7) is 0. The van der Waals surface area contributed by atoms with Crippen LogP contribution in [0.2, 0.25) is 4.34 Å². The molecule has 10 heteroatoms. The van der Waals surface area contributed by atoms with Gasteiger partial charge >= 0.3 is 0 Å². The maximum atomic E-state index is 12.1. The number of aryl methyl sites for hydroxylation is 1. The zero-order valence-corrected chi connectivity index (χ0v) is 16.3. The van der Waals surface area contributed by atoms with Crippen molar-refractivity contribution in [2.24, 2.45) is 0 Å². The lowest BCUT2D eigenvalue weighted by atomic mass is 10.3. The van der Waals surface area contributed by atoms with E-state index in [2.05, 4.69) is 20.5 Å². The van der Waals surface area contributed by atoms with E-state index in [0.717, 1.165) is 16.1 Å². The van der Waals surface area contributed by atoms with Crippen molar-refractivity contribution in [2.75, 3.05) is 5.32 Å². The summed E-state index contributed by atoms with van der Waals surface area (Å²) < 4.78 is 6.28. The van der Waals surface area contributed by atoms with Gasteiger partial charge in [0.2, 0.25) is 17.7 Å². The molecule has 4 heterocycles. The molecular weight excluding hydrogens is 412 g/mol. The molecule has 0 saturated heterocycles. The van der Waals surface area contributed by atoms with Crippen LogP contribution in [0.4, 0.5) is 5.13 Å². The van der Waals surface area contributed by atoms with Gasteiger partial charge in [-0.15, -0.1) is 32.9 Å². The Bertz CT molecular complexity index is 1020. The van der Waals surface area contributed by atoms with Gasteiger partial charge in [-0.1, -0.05) is 11.6 Å². The number of anilines is 1. The monoisotopic (exact) mass is 422 g/mol. The fourth-order valence-corrected chi connectivity index (χ4v) is 4.59. The topological polar surface area (TPSA) is 80.9 Å². The van der Waals surface area contributed by atoms with Gasteiger partial charge in [0.25, 0.3) is 0 Å². The first-order valence-electron chi connectivity index (χ1n) is 7.53. The molecule has 0 bridgehead atoms. The summed E-state index contributed by atoms with van der Waals surface area (Å²) in [5.41, 5.74) is 1.70. The third-order valence-electron chi connectivity index (χ3n) is 3.38. The van der Waals surface area contributed by atoms with Crippen LogP contribution in [-0.2, 0) is 11.2 Å². The molecule has 4 aromatic heterocycles. The maximum Gasteiger partial charge on any atom is 0.248 e. The first-order chi connectivity index (χ1) is 12.7. The first-order valence-corrected chi connectivity index (χ1v) is 10.5. The number of hydrogen-bond acceptors (Lipinski definition) is 8. The van der Waals surface area contributed by atoms with Crippen LogP contribution < -0.4 is 5.32 Å². The van der Waals surface area contributed by atoms with Gasteiger partial charge in [-0.2, -0.15) is 11.3 Å². The molecule has 0 unspecified atom stereocenters. The second-order valence-electron chi connectivity index (χ2n) is 5.20. The van der Waals surface area contributed by atoms with Crippen molar-refractivity contribution < 1.29 is 9.21 Å². The molecule has 1 amide bonds. The highest BCUT2D eigenvalue weighted by atomic mass is 35.5. The molecule has 132 valence electrons. The number of halogens is 1. The van der Waals surface area contributed by atoms with Crippen LogP contribution in [0.5, 0.6) is 0 Å². The fourth-order valence-electron chi connectivity index (χ4n) is 2.16. The zero-order valence-electron chi connectivity index (χ0n) is 13.1. The number of carbonyl (C=O) groups is 1. The molecule has 0 saturated carbocycles. The number of thiazole rings is 1. The number of aromatic nitrogens is 3. The third-order valence-corrected chi connectivity index (χ3v) is 6.07. The Morgan fingerprint density at radius 2 is 2.15 bits per heavy atom. The van der Waals surface area contributed by atoms with Crippen molar-refractivity contribution in [3.8, 4) is 22.0 Å². The van der Waals surface area contributed by atoms with Gasteiger partial charge in [0.05, 0.1) is 14.9 Å². The lowest BCUT2D eigenvalue weighted by Gasteiger charge is -1.99. The standard InChI is InChI=1S/C16H11ClN4O2S3/c17-12-2-1-11(26-12)10-8-25-16(18-10)19-13(22)3-4-14-20-21-15(23-14)9-5-6-24-7-9/h1-2,5-8H,3-4H2,(H,18,19,22).